The van der Waals surface area contributed by atoms with Crippen molar-refractivity contribution in [3.8, 4) is 22.4 Å². The quantitative estimate of drug-likeness (QED) is 0.625. The van der Waals surface area contributed by atoms with E-state index in [1.165, 1.54) is 22.3 Å². The van der Waals surface area contributed by atoms with Crippen LogP contribution >= 0.6 is 0 Å². The predicted molar refractivity (Wildman–Crippen MR) is 121 cm³/mol. The maximum atomic E-state index is 12.3. The molecule has 2 heterocycles. The lowest BCUT2D eigenvalue weighted by molar-refractivity contribution is -0.131. The van der Waals surface area contributed by atoms with Gasteiger partial charge in [0.05, 0.1) is 11.9 Å². The third-order valence-electron chi connectivity index (χ3n) is 6.87. The van der Waals surface area contributed by atoms with E-state index in [0.717, 1.165) is 56.6 Å². The van der Waals surface area contributed by atoms with Gasteiger partial charge >= 0.3 is 0 Å². The summed E-state index contributed by atoms with van der Waals surface area (Å²) in [5, 5.41) is 8.53. The van der Waals surface area contributed by atoms with E-state index in [-0.39, 0.29) is 0 Å². The van der Waals surface area contributed by atoms with Crippen LogP contribution in [0.5, 0.6) is 0 Å². The van der Waals surface area contributed by atoms with E-state index in [2.05, 4.69) is 69.8 Å². The van der Waals surface area contributed by atoms with Gasteiger partial charge in [-0.05, 0) is 53.9 Å². The van der Waals surface area contributed by atoms with Gasteiger partial charge in [0.1, 0.15) is 0 Å². The minimum atomic E-state index is 0.307. The maximum absolute atomic E-state index is 12.3. The monoisotopic (exact) mass is 410 g/mol. The summed E-state index contributed by atoms with van der Waals surface area (Å²) in [7, 11) is 0. The molecule has 5 nitrogen and oxygen atoms in total. The fourth-order valence-corrected chi connectivity index (χ4v) is 4.90. The van der Waals surface area contributed by atoms with E-state index >= 15 is 0 Å². The van der Waals surface area contributed by atoms with Crippen molar-refractivity contribution >= 4 is 12.0 Å². The minimum absolute atomic E-state index is 0.307. The lowest BCUT2D eigenvalue weighted by Gasteiger charge is -2.16. The van der Waals surface area contributed by atoms with Crippen molar-refractivity contribution in [2.45, 2.75) is 32.2 Å². The van der Waals surface area contributed by atoms with Gasteiger partial charge in [0, 0.05) is 31.1 Å². The van der Waals surface area contributed by atoms with Crippen LogP contribution in [-0.4, -0.2) is 38.9 Å². The number of likely N-dealkylation sites (tertiary alicyclic amines) is 1. The molecule has 2 fully saturated rings. The fraction of sp³-hybridized carbons (Fsp3) is 0.346. The Morgan fingerprint density at radius 1 is 1.00 bits per heavy atom. The van der Waals surface area contributed by atoms with E-state index in [0.29, 0.717) is 17.7 Å². The number of allylic oxidation sites excluding steroid dienone is 1. The molecule has 156 valence electrons. The Morgan fingerprint density at radius 3 is 2.65 bits per heavy atom. The molecular weight excluding hydrogens is 384 g/mol. The third-order valence-corrected chi connectivity index (χ3v) is 6.87. The molecule has 0 bridgehead atoms. The molecule has 2 aromatic carbocycles. The van der Waals surface area contributed by atoms with Crippen LogP contribution < -0.4 is 0 Å². The van der Waals surface area contributed by atoms with E-state index < -0.39 is 0 Å². The van der Waals surface area contributed by atoms with Crippen LogP contribution in [0, 0.1) is 11.8 Å². The van der Waals surface area contributed by atoms with Gasteiger partial charge in [-0.3, -0.25) is 4.79 Å². The van der Waals surface area contributed by atoms with Crippen molar-refractivity contribution in [2.24, 2.45) is 11.8 Å². The highest BCUT2D eigenvalue weighted by molar-refractivity contribution is 5.81. The molecule has 1 saturated heterocycles. The fourth-order valence-electron chi connectivity index (χ4n) is 4.90. The number of amides is 1. The molecule has 0 radical (unpaired) electrons. The van der Waals surface area contributed by atoms with Gasteiger partial charge in [-0.2, -0.15) is 0 Å². The Morgan fingerprint density at radius 2 is 1.81 bits per heavy atom. The van der Waals surface area contributed by atoms with E-state index in [4.69, 9.17) is 0 Å². The van der Waals surface area contributed by atoms with Crippen LogP contribution in [0.3, 0.4) is 0 Å². The number of fused-ring (bicyclic) bond motifs is 1. The summed E-state index contributed by atoms with van der Waals surface area (Å²) >= 11 is 0. The lowest BCUT2D eigenvalue weighted by Crippen LogP contribution is -2.30. The van der Waals surface area contributed by atoms with E-state index in [1.54, 1.807) is 0 Å². The highest BCUT2D eigenvalue weighted by Crippen LogP contribution is 2.33. The van der Waals surface area contributed by atoms with Crippen LogP contribution in [0.1, 0.15) is 30.4 Å². The van der Waals surface area contributed by atoms with Gasteiger partial charge in [0.15, 0.2) is 0 Å². The molecule has 5 heteroatoms. The van der Waals surface area contributed by atoms with Crippen LogP contribution in [0.25, 0.3) is 28.5 Å². The zero-order valence-corrected chi connectivity index (χ0v) is 17.6. The molecule has 1 aliphatic heterocycles. The van der Waals surface area contributed by atoms with Gasteiger partial charge in [0.2, 0.25) is 5.91 Å². The molecule has 6 rings (SSSR count). The molecule has 3 aliphatic rings. The first-order valence-electron chi connectivity index (χ1n) is 11.3. The summed E-state index contributed by atoms with van der Waals surface area (Å²) in [4.78, 5) is 14.4. The van der Waals surface area contributed by atoms with Crippen molar-refractivity contribution in [1.82, 2.24) is 19.9 Å². The smallest absolute Gasteiger partial charge is 0.225 e. The second-order valence-electron chi connectivity index (χ2n) is 9.11. The molecular formula is C26H26N4O. The maximum Gasteiger partial charge on any atom is 0.225 e. The minimum Gasteiger partial charge on any atom is -0.342 e. The van der Waals surface area contributed by atoms with Crippen molar-refractivity contribution in [2.75, 3.05) is 13.1 Å². The topological polar surface area (TPSA) is 51.0 Å². The van der Waals surface area contributed by atoms with Gasteiger partial charge in [-0.1, -0.05) is 59.8 Å². The second kappa shape index (κ2) is 7.49. The largest absolute Gasteiger partial charge is 0.342 e. The Kier molecular flexibility index (Phi) is 4.48. The highest BCUT2D eigenvalue weighted by Gasteiger charge is 2.36. The summed E-state index contributed by atoms with van der Waals surface area (Å²) in [5.74, 6) is 1.11. The van der Waals surface area contributed by atoms with Gasteiger partial charge in [0.25, 0.3) is 0 Å². The standard InChI is InChI=1S/C26H26N4O/c31-26(22-9-10-22)29-13-12-18(16-29)17-30-25(15-27-28-30)21-7-4-20(5-8-21)24-11-6-19-2-1-3-23(19)14-24/h1-2,4-8,11,14-15,18,22H,3,9-10,12-13,16-17H2/t18-/m1/s1. The van der Waals surface area contributed by atoms with Crippen LogP contribution in [0.4, 0.5) is 0 Å². The third kappa shape index (κ3) is 3.58. The molecule has 1 aromatic heterocycles. The number of carbonyl (C=O) groups excluding carboxylic acids is 1. The van der Waals surface area contributed by atoms with Crippen molar-refractivity contribution in [3.05, 3.63) is 65.9 Å². The van der Waals surface area contributed by atoms with E-state index in [1.807, 2.05) is 10.9 Å². The number of benzene rings is 2. The average molecular weight is 411 g/mol. The molecule has 2 aliphatic carbocycles. The van der Waals surface area contributed by atoms with Crippen LogP contribution in [0.2, 0.25) is 0 Å². The zero-order valence-electron chi connectivity index (χ0n) is 17.6. The van der Waals surface area contributed by atoms with Crippen molar-refractivity contribution < 1.29 is 4.79 Å². The summed E-state index contributed by atoms with van der Waals surface area (Å²) in [6, 6.07) is 15.4. The Hall–Kier alpha value is -3.21. The van der Waals surface area contributed by atoms with Crippen LogP contribution in [-0.2, 0) is 17.8 Å². The normalized spacial score (nSPS) is 19.7. The molecule has 0 spiro atoms. The van der Waals surface area contributed by atoms with Gasteiger partial charge in [-0.15, -0.1) is 5.10 Å². The highest BCUT2D eigenvalue weighted by atomic mass is 16.2. The number of carbonyl (C=O) groups is 1. The lowest BCUT2D eigenvalue weighted by atomic mass is 9.99. The number of rotatable bonds is 5. The van der Waals surface area contributed by atoms with Crippen molar-refractivity contribution in [1.29, 1.82) is 0 Å². The SMILES string of the molecule is O=C(C1CC1)N1CC[C@@H](Cn2nncc2-c2ccc(-c3ccc4c(c3)CC=C4)cc2)C1. The molecule has 31 heavy (non-hydrogen) atoms. The number of hydrogen-bond acceptors (Lipinski definition) is 3. The van der Waals surface area contributed by atoms with Crippen LogP contribution in [0.15, 0.2) is 54.7 Å². The number of aromatic nitrogens is 3. The average Bonchev–Trinajstić information content (AvgIpc) is 3.17. The predicted octanol–water partition coefficient (Wildman–Crippen LogP) is 4.44. The number of nitrogens with zero attached hydrogens (tertiary/aromatic N) is 4. The Labute approximate surface area is 182 Å². The Bertz CT molecular complexity index is 1160. The summed E-state index contributed by atoms with van der Waals surface area (Å²) in [6.07, 6.45) is 10.5. The summed E-state index contributed by atoms with van der Waals surface area (Å²) in [6.45, 7) is 2.54. The molecule has 0 N–H and O–H groups in total. The molecule has 0 unspecified atom stereocenters. The first kappa shape index (κ1) is 18.6. The molecule has 3 aromatic rings. The first-order valence-corrected chi connectivity index (χ1v) is 11.3. The molecule has 1 amide bonds. The molecule has 1 atom stereocenters. The number of hydrogen-bond donors (Lipinski definition) is 0. The zero-order chi connectivity index (χ0) is 20.8. The summed E-state index contributed by atoms with van der Waals surface area (Å²) in [5.41, 5.74) is 7.38. The van der Waals surface area contributed by atoms with Crippen molar-refractivity contribution in [3.63, 3.8) is 0 Å². The van der Waals surface area contributed by atoms with Gasteiger partial charge in [-0.25, -0.2) is 4.68 Å². The second-order valence-corrected chi connectivity index (χ2v) is 9.11. The van der Waals surface area contributed by atoms with E-state index in [9.17, 15) is 4.79 Å². The first-order chi connectivity index (χ1) is 15.2. The molecule has 1 saturated carbocycles. The van der Waals surface area contributed by atoms with Gasteiger partial charge < -0.3 is 4.90 Å². The summed E-state index contributed by atoms with van der Waals surface area (Å²) < 4.78 is 2.01. The Balaban J connectivity index is 1.17.